The van der Waals surface area contributed by atoms with Crippen molar-refractivity contribution < 1.29 is 4.79 Å². The topological polar surface area (TPSA) is 32.3 Å². The first kappa shape index (κ1) is 14.6. The maximum absolute atomic E-state index is 13.1. The number of rotatable bonds is 6. The first-order valence-electron chi connectivity index (χ1n) is 7.86. The van der Waals surface area contributed by atoms with E-state index in [1.54, 1.807) is 0 Å². The fourth-order valence-electron chi connectivity index (χ4n) is 3.78. The quantitative estimate of drug-likeness (QED) is 0.748. The second kappa shape index (κ2) is 6.56. The molecule has 2 fully saturated rings. The molecule has 1 saturated heterocycles. The van der Waals surface area contributed by atoms with Crippen LogP contribution in [0.5, 0.6) is 0 Å². The lowest BCUT2D eigenvalue weighted by atomic mass is 9.80. The molecule has 1 amide bonds. The van der Waals surface area contributed by atoms with E-state index >= 15 is 0 Å². The number of nitrogens with zero attached hydrogens (tertiary/aromatic N) is 1. The van der Waals surface area contributed by atoms with Gasteiger partial charge in [0.1, 0.15) is 0 Å². The third kappa shape index (κ3) is 3.02. The molecule has 0 aromatic rings. The van der Waals surface area contributed by atoms with Crippen LogP contribution in [0.2, 0.25) is 0 Å². The Morgan fingerprint density at radius 2 is 2.21 bits per heavy atom. The van der Waals surface area contributed by atoms with Gasteiger partial charge in [-0.25, -0.2) is 0 Å². The van der Waals surface area contributed by atoms with Gasteiger partial charge in [0.25, 0.3) is 0 Å². The van der Waals surface area contributed by atoms with E-state index in [1.165, 1.54) is 25.7 Å². The van der Waals surface area contributed by atoms with Crippen molar-refractivity contribution in [2.75, 3.05) is 19.6 Å². The molecule has 1 saturated carbocycles. The van der Waals surface area contributed by atoms with Gasteiger partial charge in [-0.2, -0.15) is 0 Å². The van der Waals surface area contributed by atoms with E-state index in [4.69, 9.17) is 0 Å². The van der Waals surface area contributed by atoms with E-state index in [-0.39, 0.29) is 5.41 Å². The molecule has 0 bridgehead atoms. The Hall–Kier alpha value is -0.830. The summed E-state index contributed by atoms with van der Waals surface area (Å²) in [6.07, 6.45) is 9.87. The van der Waals surface area contributed by atoms with Gasteiger partial charge in [0.2, 0.25) is 5.91 Å². The van der Waals surface area contributed by atoms with Gasteiger partial charge >= 0.3 is 0 Å². The highest BCUT2D eigenvalue weighted by atomic mass is 16.2. The molecule has 19 heavy (non-hydrogen) atoms. The Morgan fingerprint density at radius 1 is 1.47 bits per heavy atom. The van der Waals surface area contributed by atoms with E-state index in [1.807, 2.05) is 6.08 Å². The van der Waals surface area contributed by atoms with Crippen LogP contribution in [0.4, 0.5) is 0 Å². The summed E-state index contributed by atoms with van der Waals surface area (Å²) in [5.41, 5.74) is -0.139. The smallest absolute Gasteiger partial charge is 0.230 e. The van der Waals surface area contributed by atoms with Crippen LogP contribution in [0.15, 0.2) is 12.7 Å². The first-order chi connectivity index (χ1) is 9.23. The summed E-state index contributed by atoms with van der Waals surface area (Å²) in [6.45, 7) is 8.58. The highest BCUT2D eigenvalue weighted by molar-refractivity contribution is 5.84. The van der Waals surface area contributed by atoms with Crippen LogP contribution in [-0.4, -0.2) is 36.5 Å². The molecule has 2 rings (SSSR count). The number of hydrogen-bond acceptors (Lipinski definition) is 2. The molecule has 3 nitrogen and oxygen atoms in total. The lowest BCUT2D eigenvalue weighted by Gasteiger charge is -2.37. The SMILES string of the molecule is C=CCN(C(=O)C1(CCC)CCNC1)C1CCCC1. The second-order valence-electron chi connectivity index (χ2n) is 6.14. The van der Waals surface area contributed by atoms with E-state index in [0.29, 0.717) is 11.9 Å². The number of amides is 1. The summed E-state index contributed by atoms with van der Waals surface area (Å²) in [5, 5.41) is 3.39. The Morgan fingerprint density at radius 3 is 2.74 bits per heavy atom. The van der Waals surface area contributed by atoms with Crippen molar-refractivity contribution in [2.24, 2.45) is 5.41 Å². The number of nitrogens with one attached hydrogen (secondary N) is 1. The summed E-state index contributed by atoms with van der Waals surface area (Å²) < 4.78 is 0. The van der Waals surface area contributed by atoms with Crippen molar-refractivity contribution in [3.63, 3.8) is 0 Å². The highest BCUT2D eigenvalue weighted by Gasteiger charge is 2.44. The summed E-state index contributed by atoms with van der Waals surface area (Å²) >= 11 is 0. The molecule has 1 atom stereocenters. The minimum absolute atomic E-state index is 0.139. The standard InChI is InChI=1S/C16H28N2O/c1-3-9-16(10-11-17-13-16)15(19)18(12-4-2)14-7-5-6-8-14/h4,14,17H,2-3,5-13H2,1H3. The van der Waals surface area contributed by atoms with Crippen molar-refractivity contribution in [1.82, 2.24) is 10.2 Å². The molecule has 0 radical (unpaired) electrons. The maximum atomic E-state index is 13.1. The summed E-state index contributed by atoms with van der Waals surface area (Å²) in [5.74, 6) is 0.381. The molecule has 0 aromatic heterocycles. The van der Waals surface area contributed by atoms with Gasteiger partial charge in [-0.3, -0.25) is 4.79 Å². The lowest BCUT2D eigenvalue weighted by Crippen LogP contribution is -2.49. The van der Waals surface area contributed by atoms with Crippen LogP contribution in [0.3, 0.4) is 0 Å². The van der Waals surface area contributed by atoms with E-state index < -0.39 is 0 Å². The zero-order valence-corrected chi connectivity index (χ0v) is 12.3. The van der Waals surface area contributed by atoms with Crippen molar-refractivity contribution in [3.05, 3.63) is 12.7 Å². The second-order valence-corrected chi connectivity index (χ2v) is 6.14. The molecule has 1 aliphatic heterocycles. The predicted molar refractivity (Wildman–Crippen MR) is 79.0 cm³/mol. The van der Waals surface area contributed by atoms with Gasteiger partial charge < -0.3 is 10.2 Å². The molecule has 1 unspecified atom stereocenters. The molecule has 0 spiro atoms. The molecule has 0 aromatic carbocycles. The summed E-state index contributed by atoms with van der Waals surface area (Å²) in [7, 11) is 0. The third-order valence-corrected chi connectivity index (χ3v) is 4.78. The molecular formula is C16H28N2O. The van der Waals surface area contributed by atoms with E-state index in [2.05, 4.69) is 23.7 Å². The van der Waals surface area contributed by atoms with Crippen LogP contribution >= 0.6 is 0 Å². The van der Waals surface area contributed by atoms with Gasteiger partial charge in [0.05, 0.1) is 5.41 Å². The minimum Gasteiger partial charge on any atom is -0.335 e. The summed E-state index contributed by atoms with van der Waals surface area (Å²) in [4.78, 5) is 15.2. The fraction of sp³-hybridized carbons (Fsp3) is 0.812. The third-order valence-electron chi connectivity index (χ3n) is 4.78. The lowest BCUT2D eigenvalue weighted by molar-refractivity contribution is -0.143. The van der Waals surface area contributed by atoms with Gasteiger partial charge in [0, 0.05) is 19.1 Å². The van der Waals surface area contributed by atoms with Gasteiger partial charge in [-0.1, -0.05) is 32.3 Å². The molecular weight excluding hydrogens is 236 g/mol. The van der Waals surface area contributed by atoms with Gasteiger partial charge in [0.15, 0.2) is 0 Å². The average Bonchev–Trinajstić information content (AvgIpc) is 3.07. The fourth-order valence-corrected chi connectivity index (χ4v) is 3.78. The Balaban J connectivity index is 2.14. The average molecular weight is 264 g/mol. The molecule has 2 aliphatic rings. The Labute approximate surface area is 117 Å². The van der Waals surface area contributed by atoms with E-state index in [9.17, 15) is 4.79 Å². The zero-order chi connectivity index (χ0) is 13.7. The van der Waals surface area contributed by atoms with E-state index in [0.717, 1.165) is 38.9 Å². The minimum atomic E-state index is -0.139. The molecule has 3 heteroatoms. The van der Waals surface area contributed by atoms with Crippen molar-refractivity contribution in [2.45, 2.75) is 57.9 Å². The zero-order valence-electron chi connectivity index (χ0n) is 12.3. The molecule has 1 heterocycles. The highest BCUT2D eigenvalue weighted by Crippen LogP contribution is 2.36. The van der Waals surface area contributed by atoms with Crippen LogP contribution in [0.1, 0.15) is 51.9 Å². The monoisotopic (exact) mass is 264 g/mol. The Bertz CT molecular complexity index is 315. The normalized spacial score (nSPS) is 27.6. The van der Waals surface area contributed by atoms with Crippen LogP contribution in [0, 0.1) is 5.41 Å². The van der Waals surface area contributed by atoms with Crippen molar-refractivity contribution in [1.29, 1.82) is 0 Å². The predicted octanol–water partition coefficient (Wildman–Crippen LogP) is 2.72. The summed E-state index contributed by atoms with van der Waals surface area (Å²) in [6, 6.07) is 0.458. The van der Waals surface area contributed by atoms with Crippen LogP contribution in [-0.2, 0) is 4.79 Å². The number of carbonyl (C=O) groups excluding carboxylic acids is 1. The maximum Gasteiger partial charge on any atom is 0.230 e. The van der Waals surface area contributed by atoms with Crippen LogP contribution < -0.4 is 5.32 Å². The van der Waals surface area contributed by atoms with Gasteiger partial charge in [-0.15, -0.1) is 6.58 Å². The number of carbonyl (C=O) groups is 1. The van der Waals surface area contributed by atoms with Crippen LogP contribution in [0.25, 0.3) is 0 Å². The molecule has 108 valence electrons. The first-order valence-corrected chi connectivity index (χ1v) is 7.86. The van der Waals surface area contributed by atoms with Crippen molar-refractivity contribution in [3.8, 4) is 0 Å². The van der Waals surface area contributed by atoms with Crippen molar-refractivity contribution >= 4 is 5.91 Å². The van der Waals surface area contributed by atoms with Gasteiger partial charge in [-0.05, 0) is 32.2 Å². The molecule has 1 N–H and O–H groups in total. The Kier molecular flexibility index (Phi) is 5.03. The number of hydrogen-bond donors (Lipinski definition) is 1. The largest absolute Gasteiger partial charge is 0.335 e. The molecule has 1 aliphatic carbocycles.